The first-order valence-corrected chi connectivity index (χ1v) is 5.92. The monoisotopic (exact) mass is 200 g/mol. The SMILES string of the molecule is CCCC(C)(CC)OCC1CCOC1. The Bertz CT molecular complexity index is 152. The maximum absolute atomic E-state index is 6.02. The fraction of sp³-hybridized carbons (Fsp3) is 1.00. The molecule has 0 aromatic rings. The van der Waals surface area contributed by atoms with Crippen LogP contribution in [-0.4, -0.2) is 25.4 Å². The Labute approximate surface area is 88.0 Å². The average Bonchev–Trinajstić information content (AvgIpc) is 2.68. The molecule has 0 amide bonds. The fourth-order valence-corrected chi connectivity index (χ4v) is 1.91. The van der Waals surface area contributed by atoms with Gasteiger partial charge in [-0.15, -0.1) is 0 Å². The van der Waals surface area contributed by atoms with E-state index in [2.05, 4.69) is 20.8 Å². The first-order chi connectivity index (χ1) is 6.70. The standard InChI is InChI=1S/C12H24O2/c1-4-7-12(3,5-2)14-10-11-6-8-13-9-11/h11H,4-10H2,1-3H3. The topological polar surface area (TPSA) is 18.5 Å². The van der Waals surface area contributed by atoms with Gasteiger partial charge in [-0.05, 0) is 26.2 Å². The van der Waals surface area contributed by atoms with E-state index in [1.807, 2.05) is 0 Å². The highest BCUT2D eigenvalue weighted by molar-refractivity contribution is 4.74. The number of hydrogen-bond acceptors (Lipinski definition) is 2. The van der Waals surface area contributed by atoms with Gasteiger partial charge in [0.2, 0.25) is 0 Å². The summed E-state index contributed by atoms with van der Waals surface area (Å²) in [6.45, 7) is 9.35. The summed E-state index contributed by atoms with van der Waals surface area (Å²) in [5.74, 6) is 0.637. The molecule has 1 fully saturated rings. The first-order valence-electron chi connectivity index (χ1n) is 5.92. The van der Waals surface area contributed by atoms with Crippen LogP contribution in [0.5, 0.6) is 0 Å². The lowest BCUT2D eigenvalue weighted by Crippen LogP contribution is -2.30. The maximum atomic E-state index is 6.02. The van der Waals surface area contributed by atoms with Crippen LogP contribution < -0.4 is 0 Å². The van der Waals surface area contributed by atoms with Crippen LogP contribution >= 0.6 is 0 Å². The Balaban J connectivity index is 2.25. The minimum absolute atomic E-state index is 0.0946. The van der Waals surface area contributed by atoms with Crippen LogP contribution in [0.15, 0.2) is 0 Å². The zero-order chi connectivity index (χ0) is 10.4. The highest BCUT2D eigenvalue weighted by atomic mass is 16.5. The van der Waals surface area contributed by atoms with E-state index in [9.17, 15) is 0 Å². The van der Waals surface area contributed by atoms with Gasteiger partial charge in [-0.2, -0.15) is 0 Å². The molecule has 2 nitrogen and oxygen atoms in total. The van der Waals surface area contributed by atoms with E-state index in [0.717, 1.165) is 32.7 Å². The normalized spacial score (nSPS) is 26.4. The van der Waals surface area contributed by atoms with Crippen molar-refractivity contribution >= 4 is 0 Å². The van der Waals surface area contributed by atoms with Gasteiger partial charge in [0.1, 0.15) is 0 Å². The Hall–Kier alpha value is -0.0800. The summed E-state index contributed by atoms with van der Waals surface area (Å²) in [5.41, 5.74) is 0.0946. The van der Waals surface area contributed by atoms with Crippen LogP contribution in [0.25, 0.3) is 0 Å². The van der Waals surface area contributed by atoms with Crippen LogP contribution in [0.1, 0.15) is 46.5 Å². The van der Waals surface area contributed by atoms with Crippen molar-refractivity contribution in [3.05, 3.63) is 0 Å². The molecule has 1 saturated heterocycles. The highest BCUT2D eigenvalue weighted by Gasteiger charge is 2.24. The Morgan fingerprint density at radius 1 is 1.43 bits per heavy atom. The summed E-state index contributed by atoms with van der Waals surface area (Å²) >= 11 is 0. The molecule has 0 saturated carbocycles. The van der Waals surface area contributed by atoms with Crippen molar-refractivity contribution < 1.29 is 9.47 Å². The van der Waals surface area contributed by atoms with E-state index in [4.69, 9.17) is 9.47 Å². The van der Waals surface area contributed by atoms with E-state index in [-0.39, 0.29) is 5.60 Å². The molecule has 1 rings (SSSR count). The van der Waals surface area contributed by atoms with Crippen LogP contribution in [0.2, 0.25) is 0 Å². The van der Waals surface area contributed by atoms with Gasteiger partial charge in [0.05, 0.1) is 18.8 Å². The van der Waals surface area contributed by atoms with E-state index in [1.54, 1.807) is 0 Å². The average molecular weight is 200 g/mol. The lowest BCUT2D eigenvalue weighted by atomic mass is 9.97. The molecule has 0 N–H and O–H groups in total. The van der Waals surface area contributed by atoms with Gasteiger partial charge in [-0.25, -0.2) is 0 Å². The lowest BCUT2D eigenvalue weighted by molar-refractivity contribution is -0.0569. The van der Waals surface area contributed by atoms with Gasteiger partial charge in [0.15, 0.2) is 0 Å². The van der Waals surface area contributed by atoms with Crippen molar-refractivity contribution in [1.82, 2.24) is 0 Å². The van der Waals surface area contributed by atoms with Crippen molar-refractivity contribution in [3.63, 3.8) is 0 Å². The van der Waals surface area contributed by atoms with Gasteiger partial charge >= 0.3 is 0 Å². The van der Waals surface area contributed by atoms with Gasteiger partial charge in [-0.1, -0.05) is 20.3 Å². The molecule has 1 heterocycles. The van der Waals surface area contributed by atoms with Crippen molar-refractivity contribution in [3.8, 4) is 0 Å². The molecule has 1 aliphatic rings. The zero-order valence-corrected chi connectivity index (χ0v) is 9.84. The van der Waals surface area contributed by atoms with Crippen LogP contribution in [-0.2, 0) is 9.47 Å². The number of hydrogen-bond donors (Lipinski definition) is 0. The van der Waals surface area contributed by atoms with Crippen LogP contribution in [0.3, 0.4) is 0 Å². The first kappa shape index (κ1) is 12.0. The summed E-state index contributed by atoms with van der Waals surface area (Å²) in [5, 5.41) is 0. The van der Waals surface area contributed by atoms with Gasteiger partial charge in [-0.3, -0.25) is 0 Å². The molecule has 14 heavy (non-hydrogen) atoms. The Morgan fingerprint density at radius 3 is 2.71 bits per heavy atom. The maximum Gasteiger partial charge on any atom is 0.0652 e. The smallest absolute Gasteiger partial charge is 0.0652 e. The second-order valence-corrected chi connectivity index (χ2v) is 4.59. The third-order valence-electron chi connectivity index (χ3n) is 3.22. The molecular weight excluding hydrogens is 176 g/mol. The third kappa shape index (κ3) is 3.58. The summed E-state index contributed by atoms with van der Waals surface area (Å²) in [4.78, 5) is 0. The quantitative estimate of drug-likeness (QED) is 0.656. The molecule has 0 radical (unpaired) electrons. The van der Waals surface area contributed by atoms with E-state index >= 15 is 0 Å². The summed E-state index contributed by atoms with van der Waals surface area (Å²) in [7, 11) is 0. The minimum Gasteiger partial charge on any atom is -0.381 e. The highest BCUT2D eigenvalue weighted by Crippen LogP contribution is 2.24. The number of ether oxygens (including phenoxy) is 2. The van der Waals surface area contributed by atoms with Gasteiger partial charge in [0, 0.05) is 12.5 Å². The van der Waals surface area contributed by atoms with E-state index in [0.29, 0.717) is 5.92 Å². The molecule has 0 bridgehead atoms. The second kappa shape index (κ2) is 5.72. The Kier molecular flexibility index (Phi) is 4.90. The van der Waals surface area contributed by atoms with Crippen molar-refractivity contribution in [2.75, 3.05) is 19.8 Å². The number of rotatable bonds is 6. The van der Waals surface area contributed by atoms with Crippen LogP contribution in [0, 0.1) is 5.92 Å². The molecule has 0 aromatic heterocycles. The van der Waals surface area contributed by atoms with E-state index in [1.165, 1.54) is 12.8 Å². The van der Waals surface area contributed by atoms with Gasteiger partial charge in [0.25, 0.3) is 0 Å². The Morgan fingerprint density at radius 2 is 2.21 bits per heavy atom. The molecule has 0 spiro atoms. The fourth-order valence-electron chi connectivity index (χ4n) is 1.91. The second-order valence-electron chi connectivity index (χ2n) is 4.59. The predicted octanol–water partition coefficient (Wildman–Crippen LogP) is 3.01. The molecule has 2 unspecified atom stereocenters. The minimum atomic E-state index is 0.0946. The van der Waals surface area contributed by atoms with Crippen molar-refractivity contribution in [2.45, 2.75) is 52.1 Å². The molecule has 0 aromatic carbocycles. The third-order valence-corrected chi connectivity index (χ3v) is 3.22. The summed E-state index contributed by atoms with van der Waals surface area (Å²) in [6.07, 6.45) is 4.64. The summed E-state index contributed by atoms with van der Waals surface area (Å²) < 4.78 is 11.4. The molecule has 2 heteroatoms. The molecule has 1 aliphatic heterocycles. The van der Waals surface area contributed by atoms with Crippen molar-refractivity contribution in [1.29, 1.82) is 0 Å². The largest absolute Gasteiger partial charge is 0.381 e. The van der Waals surface area contributed by atoms with Crippen molar-refractivity contribution in [2.24, 2.45) is 5.92 Å². The molecular formula is C12H24O2. The lowest BCUT2D eigenvalue weighted by Gasteiger charge is -2.29. The van der Waals surface area contributed by atoms with E-state index < -0.39 is 0 Å². The zero-order valence-electron chi connectivity index (χ0n) is 9.84. The van der Waals surface area contributed by atoms with Gasteiger partial charge < -0.3 is 9.47 Å². The molecule has 0 aliphatic carbocycles. The predicted molar refractivity (Wildman–Crippen MR) is 58.5 cm³/mol. The summed E-state index contributed by atoms with van der Waals surface area (Å²) in [6, 6.07) is 0. The molecule has 2 atom stereocenters. The van der Waals surface area contributed by atoms with Crippen LogP contribution in [0.4, 0.5) is 0 Å². The molecule has 84 valence electrons.